The summed E-state index contributed by atoms with van der Waals surface area (Å²) in [6.45, 7) is 5.50. The summed E-state index contributed by atoms with van der Waals surface area (Å²) in [5.41, 5.74) is 1.97. The fourth-order valence-corrected chi connectivity index (χ4v) is 3.43. The van der Waals surface area contributed by atoms with E-state index in [1.807, 2.05) is 43.1 Å². The first-order chi connectivity index (χ1) is 10.1. The summed E-state index contributed by atoms with van der Waals surface area (Å²) in [4.78, 5) is 17.3. The van der Waals surface area contributed by atoms with E-state index >= 15 is 0 Å². The van der Waals surface area contributed by atoms with Gasteiger partial charge in [0.05, 0.1) is 0 Å². The lowest BCUT2D eigenvalue weighted by molar-refractivity contribution is 0.0672. The molecule has 2 aliphatic rings. The highest BCUT2D eigenvalue weighted by Crippen LogP contribution is 2.36. The van der Waals surface area contributed by atoms with Crippen LogP contribution in [0.1, 0.15) is 41.6 Å². The van der Waals surface area contributed by atoms with Crippen LogP contribution in [-0.4, -0.2) is 48.4 Å². The summed E-state index contributed by atoms with van der Waals surface area (Å²) >= 11 is 0. The molecule has 114 valence electrons. The number of aryl methyl sites for hydroxylation is 1. The topological polar surface area (TPSA) is 23.6 Å². The van der Waals surface area contributed by atoms with Gasteiger partial charge >= 0.3 is 0 Å². The van der Waals surface area contributed by atoms with E-state index in [0.29, 0.717) is 12.0 Å². The number of likely N-dealkylation sites (N-methyl/N-ethyl adjacent to an activating group) is 1. The maximum absolute atomic E-state index is 12.8. The van der Waals surface area contributed by atoms with Crippen molar-refractivity contribution >= 4 is 5.91 Å². The molecule has 0 aromatic heterocycles. The summed E-state index contributed by atoms with van der Waals surface area (Å²) in [7, 11) is 1.99. The molecule has 3 nitrogen and oxygen atoms in total. The number of carbonyl (C=O) groups is 1. The largest absolute Gasteiger partial charge is 0.337 e. The van der Waals surface area contributed by atoms with Gasteiger partial charge in [-0.3, -0.25) is 4.79 Å². The van der Waals surface area contributed by atoms with Crippen LogP contribution in [0.5, 0.6) is 0 Å². The molecular formula is C18H26N2O. The van der Waals surface area contributed by atoms with Crippen molar-refractivity contribution in [2.75, 3.05) is 26.7 Å². The zero-order valence-electron chi connectivity index (χ0n) is 13.2. The number of likely N-dealkylation sites (tertiary alicyclic amines) is 1. The van der Waals surface area contributed by atoms with E-state index in [9.17, 15) is 4.79 Å². The Morgan fingerprint density at radius 2 is 2.05 bits per heavy atom. The number of hydrogen-bond acceptors (Lipinski definition) is 2. The second-order valence-electron chi connectivity index (χ2n) is 6.70. The lowest BCUT2D eigenvalue weighted by Gasteiger charge is -2.32. The third kappa shape index (κ3) is 3.46. The van der Waals surface area contributed by atoms with Crippen LogP contribution in [0.25, 0.3) is 0 Å². The summed E-state index contributed by atoms with van der Waals surface area (Å²) in [6, 6.07) is 8.34. The third-order valence-corrected chi connectivity index (χ3v) is 4.89. The average Bonchev–Trinajstić information content (AvgIpc) is 3.20. The van der Waals surface area contributed by atoms with Crippen LogP contribution in [0.2, 0.25) is 0 Å². The van der Waals surface area contributed by atoms with E-state index in [2.05, 4.69) is 4.90 Å². The molecule has 1 aliphatic carbocycles. The molecule has 1 aliphatic heterocycles. The molecule has 3 rings (SSSR count). The molecule has 3 heteroatoms. The number of benzene rings is 1. The van der Waals surface area contributed by atoms with Crippen LogP contribution in [0.3, 0.4) is 0 Å². The maximum atomic E-state index is 12.8. The van der Waals surface area contributed by atoms with Gasteiger partial charge < -0.3 is 9.80 Å². The molecule has 1 atom stereocenters. The number of carbonyl (C=O) groups excluding carboxylic acids is 1. The number of hydrogen-bond donors (Lipinski definition) is 0. The van der Waals surface area contributed by atoms with Crippen molar-refractivity contribution in [3.63, 3.8) is 0 Å². The molecular weight excluding hydrogens is 260 g/mol. The number of amides is 1. The Bertz CT molecular complexity index is 504. The Morgan fingerprint density at radius 3 is 2.67 bits per heavy atom. The number of rotatable bonds is 5. The quantitative estimate of drug-likeness (QED) is 0.831. The highest BCUT2D eigenvalue weighted by atomic mass is 16.2. The SMILES string of the molecule is Cc1cccc(C(=O)N(C)[C@H](CN2CCCC2)C2CC2)c1. The minimum atomic E-state index is 0.176. The fraction of sp³-hybridized carbons (Fsp3) is 0.611. The smallest absolute Gasteiger partial charge is 0.253 e. The molecule has 0 N–H and O–H groups in total. The molecule has 0 spiro atoms. The molecule has 1 saturated carbocycles. The van der Waals surface area contributed by atoms with E-state index in [-0.39, 0.29) is 5.91 Å². The van der Waals surface area contributed by atoms with Crippen LogP contribution in [0, 0.1) is 12.8 Å². The molecule has 0 unspecified atom stereocenters. The molecule has 1 amide bonds. The zero-order chi connectivity index (χ0) is 14.8. The highest BCUT2D eigenvalue weighted by Gasteiger charge is 2.37. The van der Waals surface area contributed by atoms with Crippen molar-refractivity contribution in [2.45, 2.75) is 38.6 Å². The Kier molecular flexibility index (Phi) is 4.29. The minimum absolute atomic E-state index is 0.176. The van der Waals surface area contributed by atoms with Gasteiger partial charge in [0.1, 0.15) is 0 Å². The predicted molar refractivity (Wildman–Crippen MR) is 85.5 cm³/mol. The van der Waals surface area contributed by atoms with Gasteiger partial charge in [-0.1, -0.05) is 17.7 Å². The fourth-order valence-electron chi connectivity index (χ4n) is 3.43. The normalized spacial score (nSPS) is 20.5. The first kappa shape index (κ1) is 14.6. The van der Waals surface area contributed by atoms with Crippen LogP contribution >= 0.6 is 0 Å². The van der Waals surface area contributed by atoms with Crippen molar-refractivity contribution in [3.05, 3.63) is 35.4 Å². The Labute approximate surface area is 127 Å². The van der Waals surface area contributed by atoms with Gasteiger partial charge in [0, 0.05) is 25.2 Å². The van der Waals surface area contributed by atoms with Crippen LogP contribution in [0.4, 0.5) is 0 Å². The molecule has 0 bridgehead atoms. The molecule has 1 saturated heterocycles. The minimum Gasteiger partial charge on any atom is -0.337 e. The van der Waals surface area contributed by atoms with Gasteiger partial charge in [0.25, 0.3) is 5.91 Å². The molecule has 2 fully saturated rings. The Hall–Kier alpha value is -1.35. The molecule has 1 aromatic rings. The van der Waals surface area contributed by atoms with Crippen LogP contribution in [0.15, 0.2) is 24.3 Å². The molecule has 0 radical (unpaired) electrons. The standard InChI is InChI=1S/C18H26N2O/c1-14-6-5-7-16(12-14)18(21)19(2)17(15-8-9-15)13-20-10-3-4-11-20/h5-7,12,15,17H,3-4,8-11,13H2,1-2H3/t17-/m1/s1. The van der Waals surface area contributed by atoms with Crippen LogP contribution in [-0.2, 0) is 0 Å². The van der Waals surface area contributed by atoms with Crippen LogP contribution < -0.4 is 0 Å². The van der Waals surface area contributed by atoms with Crippen molar-refractivity contribution < 1.29 is 4.79 Å². The van der Waals surface area contributed by atoms with Gasteiger partial charge in [-0.15, -0.1) is 0 Å². The number of nitrogens with zero attached hydrogens (tertiary/aromatic N) is 2. The second kappa shape index (κ2) is 6.18. The lowest BCUT2D eigenvalue weighted by atomic mass is 10.1. The van der Waals surface area contributed by atoms with Gasteiger partial charge in [-0.05, 0) is 63.7 Å². The lowest BCUT2D eigenvalue weighted by Crippen LogP contribution is -2.45. The Morgan fingerprint density at radius 1 is 1.33 bits per heavy atom. The highest BCUT2D eigenvalue weighted by molar-refractivity contribution is 5.94. The van der Waals surface area contributed by atoms with E-state index < -0.39 is 0 Å². The summed E-state index contributed by atoms with van der Waals surface area (Å²) in [5, 5.41) is 0. The van der Waals surface area contributed by atoms with Gasteiger partial charge in [-0.25, -0.2) is 0 Å². The van der Waals surface area contributed by atoms with Crippen molar-refractivity contribution in [1.29, 1.82) is 0 Å². The zero-order valence-corrected chi connectivity index (χ0v) is 13.2. The first-order valence-electron chi connectivity index (χ1n) is 8.21. The van der Waals surface area contributed by atoms with E-state index in [1.165, 1.54) is 38.8 Å². The monoisotopic (exact) mass is 286 g/mol. The second-order valence-corrected chi connectivity index (χ2v) is 6.70. The summed E-state index contributed by atoms with van der Waals surface area (Å²) in [6.07, 6.45) is 5.19. The average molecular weight is 286 g/mol. The van der Waals surface area contributed by atoms with Gasteiger partial charge in [0.2, 0.25) is 0 Å². The van der Waals surface area contributed by atoms with Crippen molar-refractivity contribution in [1.82, 2.24) is 9.80 Å². The van der Waals surface area contributed by atoms with E-state index in [0.717, 1.165) is 17.7 Å². The molecule has 1 heterocycles. The third-order valence-electron chi connectivity index (χ3n) is 4.89. The van der Waals surface area contributed by atoms with Gasteiger partial charge in [-0.2, -0.15) is 0 Å². The molecule has 1 aromatic carbocycles. The first-order valence-corrected chi connectivity index (χ1v) is 8.21. The van der Waals surface area contributed by atoms with E-state index in [4.69, 9.17) is 0 Å². The van der Waals surface area contributed by atoms with Gasteiger partial charge in [0.15, 0.2) is 0 Å². The van der Waals surface area contributed by atoms with Crippen molar-refractivity contribution in [2.24, 2.45) is 5.92 Å². The summed E-state index contributed by atoms with van der Waals surface area (Å²) < 4.78 is 0. The maximum Gasteiger partial charge on any atom is 0.253 e. The predicted octanol–water partition coefficient (Wildman–Crippen LogP) is 2.94. The summed E-state index contributed by atoms with van der Waals surface area (Å²) in [5.74, 6) is 0.888. The van der Waals surface area contributed by atoms with Crippen molar-refractivity contribution in [3.8, 4) is 0 Å². The Balaban J connectivity index is 1.70. The van der Waals surface area contributed by atoms with E-state index in [1.54, 1.807) is 0 Å². The molecule has 21 heavy (non-hydrogen) atoms.